The molecule has 0 radical (unpaired) electrons. The zero-order valence-electron chi connectivity index (χ0n) is 8.80. The monoisotopic (exact) mass is 260 g/mol. The van der Waals surface area contributed by atoms with Crippen LogP contribution < -0.4 is 4.90 Å². The Morgan fingerprint density at radius 1 is 1.50 bits per heavy atom. The molecule has 0 amide bonds. The van der Waals surface area contributed by atoms with Crippen LogP contribution in [0.1, 0.15) is 15.4 Å². The molecule has 1 N–H and O–H groups in total. The van der Waals surface area contributed by atoms with Gasteiger partial charge in [0.1, 0.15) is 0 Å². The van der Waals surface area contributed by atoms with Crippen LogP contribution in [-0.4, -0.2) is 44.9 Å². The van der Waals surface area contributed by atoms with Gasteiger partial charge < -0.3 is 10.0 Å². The van der Waals surface area contributed by atoms with E-state index in [-0.39, 0.29) is 5.69 Å². The Morgan fingerprint density at radius 3 is 2.62 bits per heavy atom. The van der Waals surface area contributed by atoms with E-state index in [1.54, 1.807) is 6.92 Å². The fourth-order valence-electron chi connectivity index (χ4n) is 1.55. The maximum atomic E-state index is 11.2. The lowest BCUT2D eigenvalue weighted by Crippen LogP contribution is -2.37. The van der Waals surface area contributed by atoms with Crippen LogP contribution in [0.2, 0.25) is 0 Å². The zero-order valence-corrected chi connectivity index (χ0v) is 10.4. The van der Waals surface area contributed by atoms with Crippen LogP contribution in [0.15, 0.2) is 0 Å². The van der Waals surface area contributed by atoms with E-state index in [9.17, 15) is 9.00 Å². The van der Waals surface area contributed by atoms with Crippen molar-refractivity contribution in [1.82, 2.24) is 4.98 Å². The number of nitrogens with zero attached hydrogens (tertiary/aromatic N) is 2. The summed E-state index contributed by atoms with van der Waals surface area (Å²) in [6.45, 7) is 3.14. The summed E-state index contributed by atoms with van der Waals surface area (Å²) in [6.07, 6.45) is 0. The highest BCUT2D eigenvalue weighted by Gasteiger charge is 2.21. The van der Waals surface area contributed by atoms with Crippen molar-refractivity contribution in [3.05, 3.63) is 10.6 Å². The summed E-state index contributed by atoms with van der Waals surface area (Å²) in [4.78, 5) is 17.7. The van der Waals surface area contributed by atoms with Crippen molar-refractivity contribution < 1.29 is 14.1 Å². The number of aryl methyl sites for hydroxylation is 1. The van der Waals surface area contributed by atoms with Crippen LogP contribution in [-0.2, 0) is 10.8 Å². The number of anilines is 1. The highest BCUT2D eigenvalue weighted by Crippen LogP contribution is 2.26. The summed E-state index contributed by atoms with van der Waals surface area (Å²) >= 11 is 1.39. The lowest BCUT2D eigenvalue weighted by Gasteiger charge is -2.25. The Morgan fingerprint density at radius 2 is 2.12 bits per heavy atom. The largest absolute Gasteiger partial charge is 0.476 e. The molecule has 1 saturated heterocycles. The number of hydrogen-bond donors (Lipinski definition) is 1. The first kappa shape index (κ1) is 11.5. The molecular formula is C9H12N2O3S2. The Hall–Kier alpha value is -0.950. The molecule has 0 aliphatic carbocycles. The number of rotatable bonds is 2. The Bertz CT molecular complexity index is 434. The minimum Gasteiger partial charge on any atom is -0.476 e. The van der Waals surface area contributed by atoms with Gasteiger partial charge in [-0.25, -0.2) is 9.78 Å². The summed E-state index contributed by atoms with van der Waals surface area (Å²) in [5.41, 5.74) is 0.131. The van der Waals surface area contributed by atoms with E-state index in [1.165, 1.54) is 11.3 Å². The first-order chi connectivity index (χ1) is 7.58. The van der Waals surface area contributed by atoms with E-state index in [0.717, 1.165) is 5.13 Å². The topological polar surface area (TPSA) is 70.5 Å². The minimum atomic E-state index is -0.986. The molecule has 0 saturated carbocycles. The second kappa shape index (κ2) is 4.50. The molecule has 5 nitrogen and oxygen atoms in total. The van der Waals surface area contributed by atoms with E-state index >= 15 is 0 Å². The summed E-state index contributed by atoms with van der Waals surface area (Å²) in [5.74, 6) is 0.294. The van der Waals surface area contributed by atoms with Crippen molar-refractivity contribution in [3.63, 3.8) is 0 Å². The first-order valence-corrected chi connectivity index (χ1v) is 7.19. The molecule has 2 heterocycles. The van der Waals surface area contributed by atoms with Crippen LogP contribution in [0.4, 0.5) is 5.13 Å². The number of carbonyl (C=O) groups is 1. The van der Waals surface area contributed by atoms with Gasteiger partial charge in [-0.2, -0.15) is 0 Å². The van der Waals surface area contributed by atoms with Crippen LogP contribution >= 0.6 is 11.3 Å². The highest BCUT2D eigenvalue weighted by atomic mass is 32.2. The molecule has 0 bridgehead atoms. The van der Waals surface area contributed by atoms with Gasteiger partial charge in [0.2, 0.25) is 0 Å². The van der Waals surface area contributed by atoms with E-state index in [4.69, 9.17) is 5.11 Å². The highest BCUT2D eigenvalue weighted by molar-refractivity contribution is 7.85. The third-order valence-corrected chi connectivity index (χ3v) is 4.74. The van der Waals surface area contributed by atoms with Crippen molar-refractivity contribution in [2.75, 3.05) is 29.5 Å². The molecule has 0 unspecified atom stereocenters. The molecular weight excluding hydrogens is 248 g/mol. The lowest BCUT2D eigenvalue weighted by molar-refractivity contribution is 0.0690. The summed E-state index contributed by atoms with van der Waals surface area (Å²) in [5, 5.41) is 9.62. The molecule has 2 rings (SSSR count). The van der Waals surface area contributed by atoms with Gasteiger partial charge in [0.25, 0.3) is 0 Å². The number of aromatic carboxylic acids is 1. The Balaban J connectivity index is 2.18. The van der Waals surface area contributed by atoms with Gasteiger partial charge >= 0.3 is 5.97 Å². The molecule has 1 aliphatic heterocycles. The van der Waals surface area contributed by atoms with Crippen molar-refractivity contribution in [2.24, 2.45) is 0 Å². The van der Waals surface area contributed by atoms with Crippen molar-refractivity contribution in [3.8, 4) is 0 Å². The quantitative estimate of drug-likeness (QED) is 0.848. The molecule has 0 spiro atoms. The third kappa shape index (κ3) is 2.25. The van der Waals surface area contributed by atoms with E-state index in [0.29, 0.717) is 29.5 Å². The molecule has 0 atom stereocenters. The molecule has 1 aromatic heterocycles. The van der Waals surface area contributed by atoms with E-state index < -0.39 is 16.8 Å². The predicted molar refractivity (Wildman–Crippen MR) is 63.9 cm³/mol. The number of thiazole rings is 1. The van der Waals surface area contributed by atoms with E-state index in [1.807, 2.05) is 4.90 Å². The standard InChI is InChI=1S/C9H12N2O3S2/c1-6-7(8(12)13)10-9(15-6)11-2-4-16(14)5-3-11/h2-5H2,1H3,(H,12,13). The van der Waals surface area contributed by atoms with Gasteiger partial charge in [0.05, 0.1) is 0 Å². The van der Waals surface area contributed by atoms with Crippen LogP contribution in [0.3, 0.4) is 0 Å². The van der Waals surface area contributed by atoms with Crippen molar-refractivity contribution >= 4 is 33.2 Å². The predicted octanol–water partition coefficient (Wildman–Crippen LogP) is 0.718. The number of hydrogen-bond acceptors (Lipinski definition) is 5. The second-order valence-electron chi connectivity index (χ2n) is 3.54. The maximum absolute atomic E-state index is 11.2. The normalized spacial score (nSPS) is 17.7. The van der Waals surface area contributed by atoms with Gasteiger partial charge in [-0.05, 0) is 6.92 Å². The summed E-state index contributed by atoms with van der Waals surface area (Å²) in [6, 6.07) is 0. The van der Waals surface area contributed by atoms with Gasteiger partial charge in [0.15, 0.2) is 10.8 Å². The SMILES string of the molecule is Cc1sc(N2CCS(=O)CC2)nc1C(=O)O. The number of carboxylic acid groups (broad SMARTS) is 1. The molecule has 1 aromatic rings. The maximum Gasteiger partial charge on any atom is 0.355 e. The molecule has 1 fully saturated rings. The van der Waals surface area contributed by atoms with Gasteiger partial charge in [-0.1, -0.05) is 0 Å². The summed E-state index contributed by atoms with van der Waals surface area (Å²) in [7, 11) is -0.723. The molecule has 7 heteroatoms. The first-order valence-electron chi connectivity index (χ1n) is 4.88. The smallest absolute Gasteiger partial charge is 0.355 e. The Kier molecular flexibility index (Phi) is 3.25. The van der Waals surface area contributed by atoms with Crippen LogP contribution in [0.25, 0.3) is 0 Å². The molecule has 16 heavy (non-hydrogen) atoms. The fraction of sp³-hybridized carbons (Fsp3) is 0.556. The third-order valence-electron chi connectivity index (χ3n) is 2.44. The fourth-order valence-corrected chi connectivity index (χ4v) is 3.55. The number of aromatic nitrogens is 1. The van der Waals surface area contributed by atoms with Crippen LogP contribution in [0.5, 0.6) is 0 Å². The molecule has 1 aliphatic rings. The summed E-state index contributed by atoms with van der Waals surface area (Å²) < 4.78 is 11.2. The van der Waals surface area contributed by atoms with E-state index in [2.05, 4.69) is 4.98 Å². The lowest BCUT2D eigenvalue weighted by atomic mass is 10.4. The van der Waals surface area contributed by atoms with Crippen molar-refractivity contribution in [2.45, 2.75) is 6.92 Å². The minimum absolute atomic E-state index is 0.131. The average molecular weight is 260 g/mol. The molecule has 0 aromatic carbocycles. The average Bonchev–Trinajstić information content (AvgIpc) is 2.61. The van der Waals surface area contributed by atoms with Gasteiger partial charge in [-0.3, -0.25) is 4.21 Å². The van der Waals surface area contributed by atoms with Gasteiger partial charge in [0, 0.05) is 40.3 Å². The molecule has 88 valence electrons. The van der Waals surface area contributed by atoms with Gasteiger partial charge in [-0.15, -0.1) is 11.3 Å². The van der Waals surface area contributed by atoms with Crippen LogP contribution in [0, 0.1) is 6.92 Å². The zero-order chi connectivity index (χ0) is 11.7. The Labute approximate surface area is 99.6 Å². The number of carboxylic acids is 1. The second-order valence-corrected chi connectivity index (χ2v) is 6.42. The van der Waals surface area contributed by atoms with Crippen molar-refractivity contribution in [1.29, 1.82) is 0 Å².